The van der Waals surface area contributed by atoms with Crippen molar-refractivity contribution in [2.75, 3.05) is 9.80 Å². The van der Waals surface area contributed by atoms with Crippen molar-refractivity contribution in [3.63, 3.8) is 0 Å². The zero-order chi connectivity index (χ0) is 42.0. The van der Waals surface area contributed by atoms with Gasteiger partial charge in [-0.3, -0.25) is 0 Å². The van der Waals surface area contributed by atoms with Gasteiger partial charge in [0.2, 0.25) is 0 Å². The van der Waals surface area contributed by atoms with Crippen molar-refractivity contribution < 1.29 is 0 Å². The quantitative estimate of drug-likeness (QED) is 0.159. The fourth-order valence-electron chi connectivity index (χ4n) is 12.2. The maximum Gasteiger partial charge on any atom is 0.0562 e. The van der Waals surface area contributed by atoms with Crippen LogP contribution in [0.1, 0.15) is 54.5 Å². The van der Waals surface area contributed by atoms with Crippen LogP contribution < -0.4 is 9.80 Å². The summed E-state index contributed by atoms with van der Waals surface area (Å²) in [5.74, 6) is 0.712. The SMILES string of the molecule is CC12Cc3c(N(c4ccccc4)c4ccc(-n5c6ccccc6c6c(N(C7=CC8C(C=C7)c7ccccc7C8(C)C)c7ccccc7)cccc65)cc4)ccc(c31)-c1ccccc12. The topological polar surface area (TPSA) is 11.4 Å². The molecule has 4 aliphatic carbocycles. The third-order valence-electron chi connectivity index (χ3n) is 15.1. The second-order valence-corrected chi connectivity index (χ2v) is 18.7. The summed E-state index contributed by atoms with van der Waals surface area (Å²) in [5.41, 5.74) is 20.8. The van der Waals surface area contributed by atoms with Crippen molar-refractivity contribution in [3.05, 3.63) is 240 Å². The molecule has 9 aromatic rings. The normalized spacial score (nSPS) is 19.5. The van der Waals surface area contributed by atoms with Crippen LogP contribution in [0, 0.1) is 5.92 Å². The summed E-state index contributed by atoms with van der Waals surface area (Å²) in [6.45, 7) is 7.27. The lowest BCUT2D eigenvalue weighted by Gasteiger charge is -2.42. The largest absolute Gasteiger partial charge is 0.310 e. The molecule has 3 heteroatoms. The molecule has 0 N–H and O–H groups in total. The zero-order valence-corrected chi connectivity index (χ0v) is 35.8. The number of fused-ring (bicyclic) bond motifs is 9. The standard InChI is InChI=1S/C60H47N3/c1-59(2)50-24-13-10-21-44(50)46-34-33-43(37-52(46)59)62(40-19-8-5-9-20-40)55-27-16-28-56-57(55)48-23-12-15-26-53(48)63(56)42-31-29-41(30-32-42)61(39-17-6-4-7-18-39)54-36-35-47-45-22-11-14-25-51(45)60(3)38-49(54)58(47)60/h4-37,46,52H,38H2,1-3H3. The van der Waals surface area contributed by atoms with E-state index in [1.807, 2.05) is 0 Å². The Kier molecular flexibility index (Phi) is 7.68. The van der Waals surface area contributed by atoms with E-state index in [4.69, 9.17) is 0 Å². The minimum absolute atomic E-state index is 0.00936. The molecule has 3 nitrogen and oxygen atoms in total. The molecule has 302 valence electrons. The van der Waals surface area contributed by atoms with Gasteiger partial charge < -0.3 is 14.4 Å². The van der Waals surface area contributed by atoms with Crippen LogP contribution in [-0.4, -0.2) is 4.57 Å². The second kappa shape index (κ2) is 13.3. The van der Waals surface area contributed by atoms with E-state index < -0.39 is 0 Å². The predicted molar refractivity (Wildman–Crippen MR) is 263 cm³/mol. The number of hydrogen-bond acceptors (Lipinski definition) is 2. The van der Waals surface area contributed by atoms with Crippen molar-refractivity contribution in [2.24, 2.45) is 5.92 Å². The molecular formula is C60H47N3. The first-order chi connectivity index (χ1) is 30.9. The lowest BCUT2D eigenvalue weighted by atomic mass is 9.63. The van der Waals surface area contributed by atoms with Gasteiger partial charge in [-0.1, -0.05) is 148 Å². The molecule has 3 unspecified atom stereocenters. The van der Waals surface area contributed by atoms with Crippen LogP contribution in [0.25, 0.3) is 38.6 Å². The minimum Gasteiger partial charge on any atom is -0.310 e. The summed E-state index contributed by atoms with van der Waals surface area (Å²) in [5, 5.41) is 2.48. The Hall–Kier alpha value is -7.36. The lowest BCUT2D eigenvalue weighted by Crippen LogP contribution is -2.35. The Morgan fingerprint density at radius 2 is 1.17 bits per heavy atom. The van der Waals surface area contributed by atoms with Gasteiger partial charge in [0.15, 0.2) is 0 Å². The molecule has 1 aromatic heterocycles. The highest BCUT2D eigenvalue weighted by atomic mass is 15.2. The van der Waals surface area contributed by atoms with Gasteiger partial charge in [-0.2, -0.15) is 0 Å². The van der Waals surface area contributed by atoms with Crippen molar-refractivity contribution >= 4 is 50.2 Å². The van der Waals surface area contributed by atoms with Crippen LogP contribution in [0.2, 0.25) is 0 Å². The third kappa shape index (κ3) is 5.08. The second-order valence-electron chi connectivity index (χ2n) is 18.7. The van der Waals surface area contributed by atoms with Crippen LogP contribution in [-0.2, 0) is 17.3 Å². The van der Waals surface area contributed by atoms with E-state index >= 15 is 0 Å². The Morgan fingerprint density at radius 3 is 1.97 bits per heavy atom. The first-order valence-corrected chi connectivity index (χ1v) is 22.5. The van der Waals surface area contributed by atoms with Crippen molar-refractivity contribution in [1.82, 2.24) is 4.57 Å². The van der Waals surface area contributed by atoms with E-state index in [2.05, 4.69) is 241 Å². The molecule has 0 bridgehead atoms. The molecule has 13 rings (SSSR count). The van der Waals surface area contributed by atoms with Gasteiger partial charge in [0.1, 0.15) is 0 Å². The monoisotopic (exact) mass is 809 g/mol. The molecule has 3 atom stereocenters. The van der Waals surface area contributed by atoms with Crippen LogP contribution in [0.4, 0.5) is 28.4 Å². The van der Waals surface area contributed by atoms with Crippen molar-refractivity contribution in [1.29, 1.82) is 0 Å². The summed E-state index contributed by atoms with van der Waals surface area (Å²) in [6, 6.07) is 69.6. The molecular weight excluding hydrogens is 763 g/mol. The Labute approximate surface area is 369 Å². The molecule has 1 heterocycles. The summed E-state index contributed by atoms with van der Waals surface area (Å²) < 4.78 is 2.46. The molecule has 0 saturated heterocycles. The zero-order valence-electron chi connectivity index (χ0n) is 35.8. The Bertz CT molecular complexity index is 3370. The number of hydrogen-bond donors (Lipinski definition) is 0. The number of benzene rings is 8. The van der Waals surface area contributed by atoms with E-state index in [1.165, 1.54) is 77.8 Å². The maximum atomic E-state index is 2.55. The van der Waals surface area contributed by atoms with Crippen molar-refractivity contribution in [2.45, 2.75) is 43.9 Å². The molecule has 63 heavy (non-hydrogen) atoms. The highest BCUT2D eigenvalue weighted by molar-refractivity contribution is 6.16. The summed E-state index contributed by atoms with van der Waals surface area (Å²) in [7, 11) is 0. The van der Waals surface area contributed by atoms with Crippen LogP contribution in [0.3, 0.4) is 0 Å². The number of para-hydroxylation sites is 3. The van der Waals surface area contributed by atoms with Gasteiger partial charge >= 0.3 is 0 Å². The summed E-state index contributed by atoms with van der Waals surface area (Å²) in [4.78, 5) is 4.96. The minimum atomic E-state index is 0.00936. The van der Waals surface area contributed by atoms with Crippen LogP contribution in [0.5, 0.6) is 0 Å². The maximum absolute atomic E-state index is 2.55. The smallest absolute Gasteiger partial charge is 0.0562 e. The number of nitrogens with zero attached hydrogens (tertiary/aromatic N) is 3. The Morgan fingerprint density at radius 1 is 0.524 bits per heavy atom. The van der Waals surface area contributed by atoms with Gasteiger partial charge in [-0.15, -0.1) is 0 Å². The van der Waals surface area contributed by atoms with E-state index in [0.29, 0.717) is 11.8 Å². The average Bonchev–Trinajstić information content (AvgIpc) is 3.87. The number of allylic oxidation sites excluding steroid dienone is 3. The first kappa shape index (κ1) is 36.3. The molecule has 0 aliphatic heterocycles. The fraction of sp³-hybridized carbons (Fsp3) is 0.133. The number of aromatic nitrogens is 1. The van der Waals surface area contributed by atoms with E-state index in [-0.39, 0.29) is 10.8 Å². The number of anilines is 5. The van der Waals surface area contributed by atoms with E-state index in [9.17, 15) is 0 Å². The van der Waals surface area contributed by atoms with Gasteiger partial charge in [0, 0.05) is 56.2 Å². The first-order valence-electron chi connectivity index (χ1n) is 22.5. The highest BCUT2D eigenvalue weighted by Crippen LogP contribution is 2.61. The number of rotatable bonds is 7. The van der Waals surface area contributed by atoms with E-state index in [0.717, 1.165) is 29.2 Å². The Balaban J connectivity index is 0.942. The highest BCUT2D eigenvalue weighted by Gasteiger charge is 2.50. The molecule has 8 aromatic carbocycles. The van der Waals surface area contributed by atoms with Gasteiger partial charge in [-0.05, 0) is 136 Å². The molecule has 0 radical (unpaired) electrons. The molecule has 0 amide bonds. The predicted octanol–water partition coefficient (Wildman–Crippen LogP) is 15.4. The van der Waals surface area contributed by atoms with Gasteiger partial charge in [0.05, 0.1) is 16.7 Å². The average molecular weight is 810 g/mol. The van der Waals surface area contributed by atoms with Crippen LogP contribution >= 0.6 is 0 Å². The van der Waals surface area contributed by atoms with Crippen LogP contribution in [0.15, 0.2) is 212 Å². The van der Waals surface area contributed by atoms with Gasteiger partial charge in [-0.25, -0.2) is 0 Å². The molecule has 0 saturated carbocycles. The van der Waals surface area contributed by atoms with Crippen molar-refractivity contribution in [3.8, 4) is 16.8 Å². The van der Waals surface area contributed by atoms with Gasteiger partial charge in [0.25, 0.3) is 0 Å². The third-order valence-corrected chi connectivity index (χ3v) is 15.1. The summed E-state index contributed by atoms with van der Waals surface area (Å²) in [6.07, 6.45) is 8.41. The molecule has 0 fully saturated rings. The van der Waals surface area contributed by atoms with E-state index in [1.54, 1.807) is 0 Å². The summed E-state index contributed by atoms with van der Waals surface area (Å²) >= 11 is 0. The molecule has 4 aliphatic rings. The lowest BCUT2D eigenvalue weighted by molar-refractivity contribution is 0.392. The molecule has 0 spiro atoms. The fourth-order valence-corrected chi connectivity index (χ4v) is 12.2.